The first-order chi connectivity index (χ1) is 6.40. The molecule has 0 radical (unpaired) electrons. The SMILES string of the molecule is NCCSc1nc2ccccc2[nH]1.[Br-].[Br-]. The summed E-state index contributed by atoms with van der Waals surface area (Å²) in [5.74, 6) is 0.903. The van der Waals surface area contributed by atoms with Gasteiger partial charge in [0.15, 0.2) is 5.16 Å². The summed E-state index contributed by atoms with van der Waals surface area (Å²) in [5, 5.41) is 0.951. The van der Waals surface area contributed by atoms with Crippen molar-refractivity contribution in [2.75, 3.05) is 12.3 Å². The summed E-state index contributed by atoms with van der Waals surface area (Å²) < 4.78 is 0. The first-order valence-electron chi connectivity index (χ1n) is 4.18. The maximum atomic E-state index is 5.41. The van der Waals surface area contributed by atoms with Gasteiger partial charge in [-0.2, -0.15) is 0 Å². The number of aromatic amines is 1. The van der Waals surface area contributed by atoms with E-state index in [0.717, 1.165) is 21.9 Å². The number of rotatable bonds is 3. The van der Waals surface area contributed by atoms with Gasteiger partial charge >= 0.3 is 0 Å². The maximum Gasteiger partial charge on any atom is 0.166 e. The molecule has 84 valence electrons. The van der Waals surface area contributed by atoms with Gasteiger partial charge in [-0.25, -0.2) is 4.98 Å². The Morgan fingerprint density at radius 3 is 2.67 bits per heavy atom. The van der Waals surface area contributed by atoms with Crippen molar-refractivity contribution in [1.82, 2.24) is 9.97 Å². The molecule has 0 bridgehead atoms. The van der Waals surface area contributed by atoms with E-state index in [9.17, 15) is 0 Å². The van der Waals surface area contributed by atoms with Crippen molar-refractivity contribution < 1.29 is 34.0 Å². The van der Waals surface area contributed by atoms with Crippen LogP contribution in [0.25, 0.3) is 11.0 Å². The van der Waals surface area contributed by atoms with Crippen molar-refractivity contribution in [2.45, 2.75) is 5.16 Å². The topological polar surface area (TPSA) is 54.7 Å². The maximum absolute atomic E-state index is 5.41. The van der Waals surface area contributed by atoms with Gasteiger partial charge in [-0.15, -0.1) is 0 Å². The average molecular weight is 353 g/mol. The molecule has 1 aromatic heterocycles. The number of halogens is 2. The van der Waals surface area contributed by atoms with Gasteiger partial charge in [0.1, 0.15) is 0 Å². The predicted molar refractivity (Wildman–Crippen MR) is 55.9 cm³/mol. The molecule has 0 unspecified atom stereocenters. The normalized spacial score (nSPS) is 9.40. The molecule has 15 heavy (non-hydrogen) atoms. The molecule has 0 amide bonds. The highest BCUT2D eigenvalue weighted by Gasteiger charge is 2.00. The predicted octanol–water partition coefficient (Wildman–Crippen LogP) is -4.38. The standard InChI is InChI=1S/C9H11N3S.2BrH/c10-5-6-13-9-11-7-3-1-2-4-8(7)12-9;;/h1-4H,5-6,10H2,(H,11,12);2*1H/p-2. The van der Waals surface area contributed by atoms with E-state index < -0.39 is 0 Å². The van der Waals surface area contributed by atoms with E-state index in [4.69, 9.17) is 5.73 Å². The fourth-order valence-electron chi connectivity index (χ4n) is 1.15. The van der Waals surface area contributed by atoms with Crippen LogP contribution in [0, 0.1) is 0 Å². The summed E-state index contributed by atoms with van der Waals surface area (Å²) >= 11 is 1.65. The summed E-state index contributed by atoms with van der Waals surface area (Å²) in [5.41, 5.74) is 7.51. The van der Waals surface area contributed by atoms with Crippen LogP contribution < -0.4 is 39.7 Å². The Bertz CT molecular complexity index is 372. The second kappa shape index (κ2) is 7.27. The molecule has 0 saturated heterocycles. The number of benzene rings is 1. The fourth-order valence-corrected chi connectivity index (χ4v) is 1.81. The first-order valence-corrected chi connectivity index (χ1v) is 5.16. The number of nitrogens with zero attached hydrogens (tertiary/aromatic N) is 1. The van der Waals surface area contributed by atoms with Gasteiger partial charge in [0.05, 0.1) is 11.0 Å². The molecule has 0 aliphatic rings. The van der Waals surface area contributed by atoms with Gasteiger partial charge in [-0.3, -0.25) is 0 Å². The summed E-state index contributed by atoms with van der Waals surface area (Å²) in [4.78, 5) is 7.63. The Hall–Kier alpha value is -0.0400. The summed E-state index contributed by atoms with van der Waals surface area (Å²) in [7, 11) is 0. The monoisotopic (exact) mass is 351 g/mol. The van der Waals surface area contributed by atoms with E-state index in [0.29, 0.717) is 6.54 Å². The fraction of sp³-hybridized carbons (Fsp3) is 0.222. The quantitative estimate of drug-likeness (QED) is 0.549. The molecule has 1 aromatic carbocycles. The molecule has 6 heteroatoms. The van der Waals surface area contributed by atoms with Crippen molar-refractivity contribution in [1.29, 1.82) is 0 Å². The second-order valence-corrected chi connectivity index (χ2v) is 3.78. The first kappa shape index (κ1) is 15.0. The highest BCUT2D eigenvalue weighted by atomic mass is 79.9. The minimum absolute atomic E-state index is 0. The van der Waals surface area contributed by atoms with E-state index in [1.807, 2.05) is 24.3 Å². The van der Waals surface area contributed by atoms with Gasteiger partial charge < -0.3 is 44.7 Å². The highest BCUT2D eigenvalue weighted by molar-refractivity contribution is 7.99. The lowest BCUT2D eigenvalue weighted by Crippen LogP contribution is -3.00. The molecule has 2 rings (SSSR count). The van der Waals surface area contributed by atoms with Gasteiger partial charge in [0.25, 0.3) is 0 Å². The molecule has 2 aromatic rings. The number of fused-ring (bicyclic) bond motifs is 1. The van der Waals surface area contributed by atoms with E-state index in [1.54, 1.807) is 11.8 Å². The number of hydrogen-bond donors (Lipinski definition) is 2. The van der Waals surface area contributed by atoms with Crippen LogP contribution in [-0.4, -0.2) is 22.3 Å². The van der Waals surface area contributed by atoms with Crippen molar-refractivity contribution in [2.24, 2.45) is 5.73 Å². The molecular weight excluding hydrogens is 342 g/mol. The Kier molecular flexibility index (Phi) is 7.25. The number of H-pyrrole nitrogens is 1. The molecular formula is C9H11Br2N3S-2. The van der Waals surface area contributed by atoms with Crippen molar-refractivity contribution in [3.63, 3.8) is 0 Å². The van der Waals surface area contributed by atoms with Gasteiger partial charge in [0.2, 0.25) is 0 Å². The van der Waals surface area contributed by atoms with Crippen LogP contribution >= 0.6 is 11.8 Å². The van der Waals surface area contributed by atoms with Crippen molar-refractivity contribution >= 4 is 22.8 Å². The summed E-state index contributed by atoms with van der Waals surface area (Å²) in [6.45, 7) is 0.682. The van der Waals surface area contributed by atoms with Crippen LogP contribution in [0.15, 0.2) is 29.4 Å². The molecule has 3 nitrogen and oxygen atoms in total. The minimum atomic E-state index is 0. The zero-order valence-electron chi connectivity index (χ0n) is 7.91. The molecule has 0 atom stereocenters. The third kappa shape index (κ3) is 3.79. The van der Waals surface area contributed by atoms with E-state index in [2.05, 4.69) is 9.97 Å². The minimum Gasteiger partial charge on any atom is -1.00 e. The summed E-state index contributed by atoms with van der Waals surface area (Å²) in [6, 6.07) is 8.01. The lowest BCUT2D eigenvalue weighted by Gasteiger charge is -1.90. The van der Waals surface area contributed by atoms with Crippen molar-refractivity contribution in [3.05, 3.63) is 24.3 Å². The van der Waals surface area contributed by atoms with Gasteiger partial charge in [-0.1, -0.05) is 23.9 Å². The largest absolute Gasteiger partial charge is 1.00 e. The lowest BCUT2D eigenvalue weighted by atomic mass is 10.3. The van der Waals surface area contributed by atoms with E-state index in [-0.39, 0.29) is 34.0 Å². The van der Waals surface area contributed by atoms with Crippen LogP contribution in [0.4, 0.5) is 0 Å². The third-order valence-corrected chi connectivity index (χ3v) is 2.63. The number of aromatic nitrogens is 2. The number of nitrogens with two attached hydrogens (primary N) is 1. The molecule has 0 aliphatic heterocycles. The van der Waals surface area contributed by atoms with Crippen LogP contribution in [0.3, 0.4) is 0 Å². The Morgan fingerprint density at radius 2 is 2.00 bits per heavy atom. The van der Waals surface area contributed by atoms with Gasteiger partial charge in [-0.05, 0) is 12.1 Å². The highest BCUT2D eigenvalue weighted by Crippen LogP contribution is 2.18. The number of hydrogen-bond acceptors (Lipinski definition) is 3. The van der Waals surface area contributed by atoms with Crippen LogP contribution in [0.5, 0.6) is 0 Å². The number of nitrogens with one attached hydrogen (secondary N) is 1. The van der Waals surface area contributed by atoms with Crippen molar-refractivity contribution in [3.8, 4) is 0 Å². The summed E-state index contributed by atoms with van der Waals surface area (Å²) in [6.07, 6.45) is 0. The molecule has 0 saturated carbocycles. The Balaban J connectivity index is 0.000000980. The van der Waals surface area contributed by atoms with E-state index >= 15 is 0 Å². The molecule has 0 fully saturated rings. The van der Waals surface area contributed by atoms with Crippen LogP contribution in [0.2, 0.25) is 0 Å². The number of imidazole rings is 1. The molecule has 3 N–H and O–H groups in total. The average Bonchev–Trinajstić information content (AvgIpc) is 2.57. The Morgan fingerprint density at radius 1 is 1.27 bits per heavy atom. The lowest BCUT2D eigenvalue weighted by molar-refractivity contribution is -0.001000. The smallest absolute Gasteiger partial charge is 0.166 e. The molecule has 1 heterocycles. The number of para-hydroxylation sites is 2. The van der Waals surface area contributed by atoms with Crippen LogP contribution in [0.1, 0.15) is 0 Å². The molecule has 0 aliphatic carbocycles. The van der Waals surface area contributed by atoms with E-state index in [1.165, 1.54) is 0 Å². The zero-order valence-corrected chi connectivity index (χ0v) is 11.9. The third-order valence-electron chi connectivity index (χ3n) is 1.72. The zero-order chi connectivity index (χ0) is 9.10. The van der Waals surface area contributed by atoms with Gasteiger partial charge in [0, 0.05) is 12.3 Å². The Labute approximate surface area is 114 Å². The molecule has 0 spiro atoms. The van der Waals surface area contributed by atoms with Crippen LogP contribution in [-0.2, 0) is 0 Å². The second-order valence-electron chi connectivity index (χ2n) is 2.70. The number of thioether (sulfide) groups is 1.